The topological polar surface area (TPSA) is 75.2 Å². The number of carbonyl (C=O) groups is 2. The molecule has 1 aromatic heterocycles. The van der Waals surface area contributed by atoms with Crippen LogP contribution in [0.3, 0.4) is 0 Å². The van der Waals surface area contributed by atoms with Crippen molar-refractivity contribution in [2.24, 2.45) is 0 Å². The molecular formula is C22H22N4O2S3. The first-order chi connectivity index (χ1) is 15.0. The Morgan fingerprint density at radius 2 is 1.81 bits per heavy atom. The van der Waals surface area contributed by atoms with Gasteiger partial charge in [0.1, 0.15) is 6.54 Å². The Morgan fingerprint density at radius 1 is 1.10 bits per heavy atom. The van der Waals surface area contributed by atoms with Crippen LogP contribution in [0.15, 0.2) is 57.2 Å². The van der Waals surface area contributed by atoms with Gasteiger partial charge < -0.3 is 10.2 Å². The minimum absolute atomic E-state index is 0.0310. The van der Waals surface area contributed by atoms with Crippen LogP contribution in [0.25, 0.3) is 0 Å². The van der Waals surface area contributed by atoms with Gasteiger partial charge >= 0.3 is 0 Å². The summed E-state index contributed by atoms with van der Waals surface area (Å²) in [6.07, 6.45) is 0. The van der Waals surface area contributed by atoms with Crippen LogP contribution >= 0.6 is 34.9 Å². The number of thioether (sulfide) groups is 2. The summed E-state index contributed by atoms with van der Waals surface area (Å²) < 4.78 is 1.63. The zero-order chi connectivity index (χ0) is 21.8. The molecule has 0 radical (unpaired) electrons. The van der Waals surface area contributed by atoms with Crippen LogP contribution in [-0.4, -0.2) is 34.3 Å². The van der Waals surface area contributed by atoms with Gasteiger partial charge in [0, 0.05) is 5.75 Å². The minimum atomic E-state index is -0.187. The van der Waals surface area contributed by atoms with E-state index in [1.807, 2.05) is 18.2 Å². The highest BCUT2D eigenvalue weighted by molar-refractivity contribution is 8.03. The number of benzene rings is 2. The van der Waals surface area contributed by atoms with E-state index in [1.54, 1.807) is 17.8 Å². The van der Waals surface area contributed by atoms with E-state index in [2.05, 4.69) is 53.6 Å². The number of para-hydroxylation sites is 2. The predicted molar refractivity (Wildman–Crippen MR) is 128 cm³/mol. The molecule has 0 atom stereocenters. The molecule has 0 saturated heterocycles. The van der Waals surface area contributed by atoms with E-state index in [0.29, 0.717) is 11.6 Å². The molecule has 6 nitrogen and oxygen atoms in total. The molecule has 1 aliphatic heterocycles. The summed E-state index contributed by atoms with van der Waals surface area (Å²) in [6, 6.07) is 16.0. The van der Waals surface area contributed by atoms with Crippen LogP contribution < -0.4 is 10.2 Å². The third-order valence-electron chi connectivity index (χ3n) is 4.79. The van der Waals surface area contributed by atoms with Gasteiger partial charge in [-0.15, -0.1) is 10.2 Å². The van der Waals surface area contributed by atoms with Crippen LogP contribution in [0.4, 0.5) is 11.4 Å². The quantitative estimate of drug-likeness (QED) is 0.488. The Kier molecular flexibility index (Phi) is 6.94. The molecule has 3 aromatic rings. The Bertz CT molecular complexity index is 1080. The molecule has 0 saturated carbocycles. The van der Waals surface area contributed by atoms with Crippen molar-refractivity contribution < 1.29 is 9.59 Å². The number of amides is 2. The van der Waals surface area contributed by atoms with E-state index < -0.39 is 0 Å². The van der Waals surface area contributed by atoms with Crippen molar-refractivity contribution in [2.75, 3.05) is 22.5 Å². The molecule has 1 N–H and O–H groups in total. The normalized spacial score (nSPS) is 13.3. The zero-order valence-electron chi connectivity index (χ0n) is 17.2. The second kappa shape index (κ2) is 9.84. The first-order valence-electron chi connectivity index (χ1n) is 9.87. The molecule has 4 rings (SSSR count). The van der Waals surface area contributed by atoms with Gasteiger partial charge in [-0.05, 0) is 29.2 Å². The number of aromatic nitrogens is 2. The van der Waals surface area contributed by atoms with Crippen molar-refractivity contribution >= 4 is 58.0 Å². The highest BCUT2D eigenvalue weighted by Gasteiger charge is 2.26. The number of hydrogen-bond donors (Lipinski definition) is 1. The lowest BCUT2D eigenvalue weighted by atomic mass is 10.0. The Hall–Kier alpha value is -2.36. The number of hydrogen-bond acceptors (Lipinski definition) is 7. The van der Waals surface area contributed by atoms with Gasteiger partial charge in [0.15, 0.2) is 8.68 Å². The number of anilines is 2. The summed E-state index contributed by atoms with van der Waals surface area (Å²) in [7, 11) is 0. The Morgan fingerprint density at radius 3 is 2.55 bits per heavy atom. The molecule has 9 heteroatoms. The van der Waals surface area contributed by atoms with Gasteiger partial charge in [-0.1, -0.05) is 85.1 Å². The second-order valence-electron chi connectivity index (χ2n) is 7.35. The van der Waals surface area contributed by atoms with E-state index in [1.165, 1.54) is 39.1 Å². The maximum atomic E-state index is 12.7. The van der Waals surface area contributed by atoms with Crippen molar-refractivity contribution in [3.05, 3.63) is 59.7 Å². The van der Waals surface area contributed by atoms with Crippen LogP contribution in [0, 0.1) is 0 Å². The molecule has 2 heterocycles. The third kappa shape index (κ3) is 5.47. The highest BCUT2D eigenvalue weighted by atomic mass is 32.2. The van der Waals surface area contributed by atoms with Gasteiger partial charge in [-0.2, -0.15) is 0 Å². The van der Waals surface area contributed by atoms with Crippen molar-refractivity contribution in [3.63, 3.8) is 0 Å². The maximum absolute atomic E-state index is 12.7. The number of rotatable bonds is 7. The number of nitrogens with one attached hydrogen (secondary N) is 1. The smallest absolute Gasteiger partial charge is 0.244 e. The van der Waals surface area contributed by atoms with E-state index in [4.69, 9.17) is 0 Å². The molecule has 0 bridgehead atoms. The SMILES string of the molecule is CC(C)c1ccc(CSc2nnc(SCC(=O)N3CC(=O)Nc4ccccc43)s2)cc1. The first kappa shape index (κ1) is 21.9. The molecule has 1 aliphatic rings. The Balaban J connectivity index is 1.31. The second-order valence-corrected chi connectivity index (χ2v) is 10.8. The summed E-state index contributed by atoms with van der Waals surface area (Å²) in [5.74, 6) is 1.25. The molecule has 31 heavy (non-hydrogen) atoms. The van der Waals surface area contributed by atoms with Gasteiger partial charge in [-0.3, -0.25) is 9.59 Å². The fourth-order valence-electron chi connectivity index (χ4n) is 3.11. The molecule has 160 valence electrons. The van der Waals surface area contributed by atoms with Gasteiger partial charge in [0.05, 0.1) is 17.1 Å². The summed E-state index contributed by atoms with van der Waals surface area (Å²) >= 11 is 4.49. The fourth-order valence-corrected chi connectivity index (χ4v) is 5.97. The summed E-state index contributed by atoms with van der Waals surface area (Å²) in [4.78, 5) is 26.2. The van der Waals surface area contributed by atoms with Gasteiger partial charge in [0.2, 0.25) is 11.8 Å². The lowest BCUT2D eigenvalue weighted by molar-refractivity contribution is -0.120. The predicted octanol–water partition coefficient (Wildman–Crippen LogP) is 5.03. The van der Waals surface area contributed by atoms with Crippen LogP contribution in [0.2, 0.25) is 0 Å². The van der Waals surface area contributed by atoms with E-state index in [0.717, 1.165) is 20.1 Å². The highest BCUT2D eigenvalue weighted by Crippen LogP contribution is 2.33. The van der Waals surface area contributed by atoms with Crippen molar-refractivity contribution in [2.45, 2.75) is 34.2 Å². The summed E-state index contributed by atoms with van der Waals surface area (Å²) in [5.41, 5.74) is 3.97. The average Bonchev–Trinajstić information content (AvgIpc) is 3.23. The summed E-state index contributed by atoms with van der Waals surface area (Å²) in [5, 5.41) is 11.2. The zero-order valence-corrected chi connectivity index (χ0v) is 19.6. The van der Waals surface area contributed by atoms with Gasteiger partial charge in [0.25, 0.3) is 0 Å². The standard InChI is InChI=1S/C22H22N4O2S3/c1-14(2)16-9-7-15(8-10-16)12-29-21-24-25-22(31-21)30-13-20(28)26-11-19(27)23-17-5-3-4-6-18(17)26/h3-10,14H,11-13H2,1-2H3,(H,23,27). The lowest BCUT2D eigenvalue weighted by Gasteiger charge is -2.28. The van der Waals surface area contributed by atoms with Crippen LogP contribution in [0.5, 0.6) is 0 Å². The number of fused-ring (bicyclic) bond motifs is 1. The van der Waals surface area contributed by atoms with E-state index in [-0.39, 0.29) is 24.1 Å². The first-order valence-corrected chi connectivity index (χ1v) is 12.7. The van der Waals surface area contributed by atoms with E-state index in [9.17, 15) is 9.59 Å². The number of nitrogens with zero attached hydrogens (tertiary/aromatic N) is 3. The lowest BCUT2D eigenvalue weighted by Crippen LogP contribution is -2.43. The van der Waals surface area contributed by atoms with Crippen LogP contribution in [-0.2, 0) is 15.3 Å². The molecule has 0 spiro atoms. The molecule has 0 aliphatic carbocycles. The van der Waals surface area contributed by atoms with Gasteiger partial charge in [-0.25, -0.2) is 0 Å². The molecule has 0 unspecified atom stereocenters. The van der Waals surface area contributed by atoms with Crippen molar-refractivity contribution in [1.82, 2.24) is 10.2 Å². The largest absolute Gasteiger partial charge is 0.323 e. The Labute approximate surface area is 193 Å². The third-order valence-corrected chi connectivity index (χ3v) is 8.03. The van der Waals surface area contributed by atoms with Crippen molar-refractivity contribution in [3.8, 4) is 0 Å². The average molecular weight is 471 g/mol. The molecular weight excluding hydrogens is 448 g/mol. The fraction of sp³-hybridized carbons (Fsp3) is 0.273. The molecule has 0 fully saturated rings. The number of carbonyl (C=O) groups excluding carboxylic acids is 2. The molecule has 2 aromatic carbocycles. The minimum Gasteiger partial charge on any atom is -0.323 e. The summed E-state index contributed by atoms with van der Waals surface area (Å²) in [6.45, 7) is 4.41. The molecule has 2 amide bonds. The maximum Gasteiger partial charge on any atom is 0.244 e. The van der Waals surface area contributed by atoms with Crippen LogP contribution in [0.1, 0.15) is 30.9 Å². The monoisotopic (exact) mass is 470 g/mol. The van der Waals surface area contributed by atoms with E-state index >= 15 is 0 Å². The van der Waals surface area contributed by atoms with Crippen molar-refractivity contribution in [1.29, 1.82) is 0 Å².